The molecule has 0 bridgehead atoms. The van der Waals surface area contributed by atoms with Crippen LogP contribution in [-0.2, 0) is 4.79 Å². The van der Waals surface area contributed by atoms with Crippen LogP contribution >= 0.6 is 12.6 Å². The van der Waals surface area contributed by atoms with E-state index in [4.69, 9.17) is 15.7 Å². The van der Waals surface area contributed by atoms with E-state index in [0.29, 0.717) is 5.75 Å². The number of aliphatic carboxylic acids is 1. The molecular formula is C9H12N2O3S. The third-order valence-electron chi connectivity index (χ3n) is 1.73. The van der Waals surface area contributed by atoms with Crippen LogP contribution in [0.2, 0.25) is 0 Å². The number of carbonyl (C=O) groups is 1. The van der Waals surface area contributed by atoms with Gasteiger partial charge in [0, 0.05) is 5.75 Å². The fourth-order valence-electron chi connectivity index (χ4n) is 0.782. The van der Waals surface area contributed by atoms with Crippen molar-refractivity contribution in [3.05, 3.63) is 30.3 Å². The van der Waals surface area contributed by atoms with E-state index in [9.17, 15) is 4.79 Å². The molecule has 4 N–H and O–H groups in total. The van der Waals surface area contributed by atoms with E-state index in [-0.39, 0.29) is 5.75 Å². The van der Waals surface area contributed by atoms with Crippen LogP contribution in [0.3, 0.4) is 0 Å². The lowest BCUT2D eigenvalue weighted by molar-refractivity contribution is -0.147. The second-order valence-corrected chi connectivity index (χ2v) is 3.27. The van der Waals surface area contributed by atoms with Gasteiger partial charge in [0.15, 0.2) is 0 Å². The van der Waals surface area contributed by atoms with Crippen molar-refractivity contribution < 1.29 is 14.7 Å². The van der Waals surface area contributed by atoms with E-state index in [1.807, 2.05) is 6.07 Å². The normalized spacial score (nSPS) is 14.3. The van der Waals surface area contributed by atoms with Gasteiger partial charge in [-0.2, -0.15) is 12.6 Å². The van der Waals surface area contributed by atoms with Gasteiger partial charge in [-0.15, -0.1) is 5.48 Å². The standard InChI is InChI=1S/C9H12N2O3S/c10-9(6-15,8(12)13)11-14-7-4-2-1-3-5-7/h1-5,11,15H,6,10H2,(H,12,13)/t9-/m0/s1. The summed E-state index contributed by atoms with van der Waals surface area (Å²) >= 11 is 3.84. The zero-order valence-electron chi connectivity index (χ0n) is 7.88. The molecular weight excluding hydrogens is 216 g/mol. The van der Waals surface area contributed by atoms with Gasteiger partial charge in [0.05, 0.1) is 0 Å². The summed E-state index contributed by atoms with van der Waals surface area (Å²) in [5, 5.41) is 8.79. The molecule has 6 heteroatoms. The molecule has 0 saturated heterocycles. The zero-order valence-corrected chi connectivity index (χ0v) is 8.78. The molecule has 1 atom stereocenters. The highest BCUT2D eigenvalue weighted by Gasteiger charge is 2.33. The molecule has 5 nitrogen and oxygen atoms in total. The first-order valence-electron chi connectivity index (χ1n) is 4.21. The van der Waals surface area contributed by atoms with Crippen molar-refractivity contribution >= 4 is 18.6 Å². The Kier molecular flexibility index (Phi) is 3.96. The first kappa shape index (κ1) is 11.8. The second kappa shape index (κ2) is 5.01. The van der Waals surface area contributed by atoms with Crippen LogP contribution < -0.4 is 16.1 Å². The summed E-state index contributed by atoms with van der Waals surface area (Å²) in [4.78, 5) is 15.8. The Hall–Kier alpha value is -1.24. The molecule has 0 aliphatic carbocycles. The number of rotatable bonds is 5. The minimum Gasteiger partial charge on any atom is -0.479 e. The number of carboxylic acid groups (broad SMARTS) is 1. The van der Waals surface area contributed by atoms with Gasteiger partial charge in [-0.3, -0.25) is 0 Å². The Morgan fingerprint density at radius 2 is 2.13 bits per heavy atom. The highest BCUT2D eigenvalue weighted by atomic mass is 32.1. The van der Waals surface area contributed by atoms with Gasteiger partial charge in [0.2, 0.25) is 5.66 Å². The summed E-state index contributed by atoms with van der Waals surface area (Å²) in [7, 11) is 0. The molecule has 0 aliphatic heterocycles. The summed E-state index contributed by atoms with van der Waals surface area (Å²) in [6, 6.07) is 8.69. The summed E-state index contributed by atoms with van der Waals surface area (Å²) < 4.78 is 0. The van der Waals surface area contributed by atoms with Crippen LogP contribution in [0.15, 0.2) is 30.3 Å². The maximum absolute atomic E-state index is 10.8. The lowest BCUT2D eigenvalue weighted by atomic mass is 10.2. The van der Waals surface area contributed by atoms with Crippen molar-refractivity contribution in [1.29, 1.82) is 0 Å². The van der Waals surface area contributed by atoms with E-state index < -0.39 is 11.6 Å². The number of hydrogen-bond donors (Lipinski definition) is 4. The number of nitrogens with one attached hydrogen (secondary N) is 1. The van der Waals surface area contributed by atoms with Crippen molar-refractivity contribution in [2.75, 3.05) is 5.75 Å². The average molecular weight is 228 g/mol. The van der Waals surface area contributed by atoms with Gasteiger partial charge in [-0.05, 0) is 12.1 Å². The van der Waals surface area contributed by atoms with Crippen LogP contribution in [0.25, 0.3) is 0 Å². The SMILES string of the molecule is N[C@@](CS)(NOc1ccccc1)C(=O)O. The summed E-state index contributed by atoms with van der Waals surface area (Å²) in [6.45, 7) is 0. The summed E-state index contributed by atoms with van der Waals surface area (Å²) in [6.07, 6.45) is 0. The molecule has 1 aromatic carbocycles. The molecule has 82 valence electrons. The lowest BCUT2D eigenvalue weighted by Crippen LogP contribution is -2.62. The van der Waals surface area contributed by atoms with Crippen molar-refractivity contribution in [1.82, 2.24) is 5.48 Å². The van der Waals surface area contributed by atoms with Gasteiger partial charge in [0.1, 0.15) is 5.75 Å². The molecule has 15 heavy (non-hydrogen) atoms. The number of para-hydroxylation sites is 1. The zero-order chi connectivity index (χ0) is 11.3. The van der Waals surface area contributed by atoms with Crippen LogP contribution in [0.4, 0.5) is 0 Å². The highest BCUT2D eigenvalue weighted by Crippen LogP contribution is 2.08. The molecule has 0 amide bonds. The van der Waals surface area contributed by atoms with E-state index in [1.54, 1.807) is 24.3 Å². The minimum atomic E-state index is -1.70. The van der Waals surface area contributed by atoms with Gasteiger partial charge < -0.3 is 15.7 Å². The average Bonchev–Trinajstić information content (AvgIpc) is 2.27. The number of nitrogens with two attached hydrogens (primary N) is 1. The predicted molar refractivity (Wildman–Crippen MR) is 58.6 cm³/mol. The van der Waals surface area contributed by atoms with Crippen molar-refractivity contribution in [3.8, 4) is 5.75 Å². The van der Waals surface area contributed by atoms with Crippen LogP contribution in [0.5, 0.6) is 5.75 Å². The third kappa shape index (κ3) is 3.12. The number of hydroxylamine groups is 1. The smallest absolute Gasteiger partial charge is 0.342 e. The van der Waals surface area contributed by atoms with Crippen LogP contribution in [-0.4, -0.2) is 22.5 Å². The van der Waals surface area contributed by atoms with Gasteiger partial charge in [-0.25, -0.2) is 4.79 Å². The number of carboxylic acids is 1. The van der Waals surface area contributed by atoms with E-state index in [1.165, 1.54) is 0 Å². The number of hydrogen-bond acceptors (Lipinski definition) is 5. The molecule has 1 aromatic rings. The highest BCUT2D eigenvalue weighted by molar-refractivity contribution is 7.80. The Balaban J connectivity index is 2.59. The third-order valence-corrected chi connectivity index (χ3v) is 2.22. The van der Waals surface area contributed by atoms with Crippen molar-refractivity contribution in [2.45, 2.75) is 5.66 Å². The molecule has 0 heterocycles. The Bertz CT molecular complexity index is 333. The number of benzene rings is 1. The van der Waals surface area contributed by atoms with Crippen molar-refractivity contribution in [3.63, 3.8) is 0 Å². The Morgan fingerprint density at radius 1 is 1.53 bits per heavy atom. The predicted octanol–water partition coefficient (Wildman–Crippen LogP) is 0.239. The first-order valence-corrected chi connectivity index (χ1v) is 4.84. The minimum absolute atomic E-state index is 0.0881. The second-order valence-electron chi connectivity index (χ2n) is 2.95. The fraction of sp³-hybridized carbons (Fsp3) is 0.222. The van der Waals surface area contributed by atoms with Gasteiger partial charge in [-0.1, -0.05) is 18.2 Å². The van der Waals surface area contributed by atoms with Crippen molar-refractivity contribution in [2.24, 2.45) is 5.73 Å². The van der Waals surface area contributed by atoms with E-state index in [2.05, 4.69) is 18.1 Å². The lowest BCUT2D eigenvalue weighted by Gasteiger charge is -2.23. The monoisotopic (exact) mass is 228 g/mol. The fourth-order valence-corrected chi connectivity index (χ4v) is 0.982. The molecule has 0 saturated carbocycles. The molecule has 1 rings (SSSR count). The van der Waals surface area contributed by atoms with E-state index >= 15 is 0 Å². The number of thiol groups is 1. The molecule has 0 radical (unpaired) electrons. The van der Waals surface area contributed by atoms with E-state index in [0.717, 1.165) is 0 Å². The molecule has 0 spiro atoms. The first-order chi connectivity index (χ1) is 7.08. The maximum Gasteiger partial charge on any atom is 0.342 e. The van der Waals surface area contributed by atoms with Gasteiger partial charge in [0.25, 0.3) is 0 Å². The molecule has 0 unspecified atom stereocenters. The maximum atomic E-state index is 10.8. The molecule has 0 fully saturated rings. The van der Waals surface area contributed by atoms with Gasteiger partial charge >= 0.3 is 5.97 Å². The van der Waals surface area contributed by atoms with Crippen LogP contribution in [0.1, 0.15) is 0 Å². The summed E-state index contributed by atoms with van der Waals surface area (Å²) in [5.41, 5.74) is 6.04. The largest absolute Gasteiger partial charge is 0.479 e. The Labute approximate surface area is 92.6 Å². The molecule has 0 aliphatic rings. The topological polar surface area (TPSA) is 84.6 Å². The quantitative estimate of drug-likeness (QED) is 0.329. The molecule has 0 aromatic heterocycles. The summed E-state index contributed by atoms with van der Waals surface area (Å²) in [5.74, 6) is -0.835. The Morgan fingerprint density at radius 3 is 2.60 bits per heavy atom. The van der Waals surface area contributed by atoms with Crippen LogP contribution in [0, 0.1) is 0 Å².